The van der Waals surface area contributed by atoms with Crippen LogP contribution in [0.5, 0.6) is 0 Å². The Balaban J connectivity index is 2.86. The topological polar surface area (TPSA) is 72.7 Å². The maximum Gasteiger partial charge on any atom is 0.320 e. The standard InChI is InChI=1S/C13H17ClN2O4/c1-3-15(9-13(17)20-4-2)8-10-7-11(14)5-6-12(10)16(18)19/h5-7H,3-4,8-9H2,1-2H3. The van der Waals surface area contributed by atoms with E-state index in [0.717, 1.165) is 0 Å². The van der Waals surface area contributed by atoms with Gasteiger partial charge in [0.15, 0.2) is 0 Å². The van der Waals surface area contributed by atoms with E-state index in [0.29, 0.717) is 23.7 Å². The molecule has 0 bridgehead atoms. The van der Waals surface area contributed by atoms with Gasteiger partial charge in [-0.05, 0) is 25.6 Å². The maximum atomic E-state index is 11.5. The molecule has 7 heteroatoms. The molecule has 0 aliphatic heterocycles. The fraction of sp³-hybridized carbons (Fsp3) is 0.462. The Kier molecular flexibility index (Phi) is 6.41. The number of nitro benzene ring substituents is 1. The summed E-state index contributed by atoms with van der Waals surface area (Å²) in [4.78, 5) is 23.8. The Labute approximate surface area is 122 Å². The number of ether oxygens (including phenoxy) is 1. The van der Waals surface area contributed by atoms with Crippen LogP contribution in [0.1, 0.15) is 19.4 Å². The second-order valence-corrected chi connectivity index (χ2v) is 4.57. The van der Waals surface area contributed by atoms with Crippen molar-refractivity contribution in [1.82, 2.24) is 4.90 Å². The minimum Gasteiger partial charge on any atom is -0.465 e. The van der Waals surface area contributed by atoms with Gasteiger partial charge < -0.3 is 4.74 Å². The Morgan fingerprint density at radius 3 is 2.70 bits per heavy atom. The van der Waals surface area contributed by atoms with Gasteiger partial charge in [0.25, 0.3) is 5.69 Å². The second kappa shape index (κ2) is 7.81. The number of likely N-dealkylation sites (N-methyl/N-ethyl adjacent to an activating group) is 1. The molecule has 0 heterocycles. The van der Waals surface area contributed by atoms with Crippen LogP contribution in [0, 0.1) is 10.1 Å². The molecular formula is C13H17ClN2O4. The quantitative estimate of drug-likeness (QED) is 0.440. The van der Waals surface area contributed by atoms with Gasteiger partial charge >= 0.3 is 5.97 Å². The Hall–Kier alpha value is -1.66. The van der Waals surface area contributed by atoms with Crippen molar-refractivity contribution >= 4 is 23.3 Å². The Morgan fingerprint density at radius 2 is 2.15 bits per heavy atom. The Morgan fingerprint density at radius 1 is 1.45 bits per heavy atom. The zero-order valence-electron chi connectivity index (χ0n) is 11.5. The third kappa shape index (κ3) is 4.79. The van der Waals surface area contributed by atoms with Crippen molar-refractivity contribution in [3.8, 4) is 0 Å². The summed E-state index contributed by atoms with van der Waals surface area (Å²) < 4.78 is 4.87. The highest BCUT2D eigenvalue weighted by atomic mass is 35.5. The van der Waals surface area contributed by atoms with E-state index in [1.165, 1.54) is 12.1 Å². The summed E-state index contributed by atoms with van der Waals surface area (Å²) in [6.07, 6.45) is 0. The lowest BCUT2D eigenvalue weighted by Gasteiger charge is -2.19. The van der Waals surface area contributed by atoms with Crippen molar-refractivity contribution in [3.05, 3.63) is 38.9 Å². The fourth-order valence-corrected chi connectivity index (χ4v) is 1.96. The summed E-state index contributed by atoms with van der Waals surface area (Å²) in [7, 11) is 0. The summed E-state index contributed by atoms with van der Waals surface area (Å²) >= 11 is 5.87. The number of esters is 1. The molecule has 0 atom stereocenters. The average molecular weight is 301 g/mol. The fourth-order valence-electron chi connectivity index (χ4n) is 1.77. The lowest BCUT2D eigenvalue weighted by molar-refractivity contribution is -0.385. The monoisotopic (exact) mass is 300 g/mol. The van der Waals surface area contributed by atoms with Gasteiger partial charge in [-0.2, -0.15) is 0 Å². The molecule has 0 saturated heterocycles. The molecule has 20 heavy (non-hydrogen) atoms. The number of benzene rings is 1. The van der Waals surface area contributed by atoms with Crippen LogP contribution in [-0.2, 0) is 16.1 Å². The highest BCUT2D eigenvalue weighted by molar-refractivity contribution is 6.30. The van der Waals surface area contributed by atoms with E-state index in [4.69, 9.17) is 16.3 Å². The van der Waals surface area contributed by atoms with Crippen molar-refractivity contribution in [1.29, 1.82) is 0 Å². The highest BCUT2D eigenvalue weighted by Gasteiger charge is 2.18. The normalized spacial score (nSPS) is 10.6. The van der Waals surface area contributed by atoms with E-state index in [-0.39, 0.29) is 24.7 Å². The number of rotatable bonds is 7. The first-order valence-corrected chi connectivity index (χ1v) is 6.66. The number of nitro groups is 1. The summed E-state index contributed by atoms with van der Waals surface area (Å²) in [6.45, 7) is 4.85. The number of halogens is 1. The zero-order valence-corrected chi connectivity index (χ0v) is 12.2. The number of nitrogens with zero attached hydrogens (tertiary/aromatic N) is 2. The van der Waals surface area contributed by atoms with Crippen LogP contribution >= 0.6 is 11.6 Å². The molecule has 0 spiro atoms. The van der Waals surface area contributed by atoms with E-state index >= 15 is 0 Å². The van der Waals surface area contributed by atoms with Crippen LogP contribution < -0.4 is 0 Å². The molecule has 1 aromatic rings. The number of hydrogen-bond acceptors (Lipinski definition) is 5. The van der Waals surface area contributed by atoms with Crippen LogP contribution in [0.25, 0.3) is 0 Å². The molecular weight excluding hydrogens is 284 g/mol. The van der Waals surface area contributed by atoms with E-state index in [1.807, 2.05) is 6.92 Å². The summed E-state index contributed by atoms with van der Waals surface area (Å²) in [5.41, 5.74) is 0.477. The van der Waals surface area contributed by atoms with Crippen molar-refractivity contribution in [2.75, 3.05) is 19.7 Å². The molecule has 0 saturated carbocycles. The van der Waals surface area contributed by atoms with Crippen LogP contribution in [0.3, 0.4) is 0 Å². The first-order valence-electron chi connectivity index (χ1n) is 6.28. The summed E-state index contributed by atoms with van der Waals surface area (Å²) in [5, 5.41) is 11.4. The van der Waals surface area contributed by atoms with Gasteiger partial charge in [-0.1, -0.05) is 18.5 Å². The van der Waals surface area contributed by atoms with E-state index < -0.39 is 4.92 Å². The number of carbonyl (C=O) groups excluding carboxylic acids is 1. The van der Waals surface area contributed by atoms with Gasteiger partial charge in [0.2, 0.25) is 0 Å². The first kappa shape index (κ1) is 16.4. The van der Waals surface area contributed by atoms with E-state index in [2.05, 4.69) is 0 Å². The molecule has 0 radical (unpaired) electrons. The number of carbonyl (C=O) groups is 1. The number of hydrogen-bond donors (Lipinski definition) is 0. The van der Waals surface area contributed by atoms with Crippen molar-refractivity contribution < 1.29 is 14.5 Å². The molecule has 0 amide bonds. The van der Waals surface area contributed by atoms with Gasteiger partial charge in [-0.15, -0.1) is 0 Å². The molecule has 0 N–H and O–H groups in total. The lowest BCUT2D eigenvalue weighted by Crippen LogP contribution is -2.30. The van der Waals surface area contributed by atoms with Crippen LogP contribution in [0.4, 0.5) is 5.69 Å². The van der Waals surface area contributed by atoms with Gasteiger partial charge in [0.1, 0.15) is 0 Å². The van der Waals surface area contributed by atoms with Gasteiger partial charge in [-0.25, -0.2) is 0 Å². The van der Waals surface area contributed by atoms with E-state index in [9.17, 15) is 14.9 Å². The maximum absolute atomic E-state index is 11.5. The zero-order chi connectivity index (χ0) is 15.1. The summed E-state index contributed by atoms with van der Waals surface area (Å²) in [6, 6.07) is 4.40. The SMILES string of the molecule is CCOC(=O)CN(CC)Cc1cc(Cl)ccc1[N+](=O)[O-]. The van der Waals surface area contributed by atoms with Crippen molar-refractivity contribution in [2.24, 2.45) is 0 Å². The molecule has 0 fully saturated rings. The van der Waals surface area contributed by atoms with Gasteiger partial charge in [0.05, 0.1) is 18.1 Å². The highest BCUT2D eigenvalue weighted by Crippen LogP contribution is 2.24. The molecule has 0 aliphatic rings. The minimum atomic E-state index is -0.454. The smallest absolute Gasteiger partial charge is 0.320 e. The molecule has 0 unspecified atom stereocenters. The molecule has 1 rings (SSSR count). The van der Waals surface area contributed by atoms with Crippen LogP contribution in [0.15, 0.2) is 18.2 Å². The molecule has 1 aromatic carbocycles. The third-order valence-electron chi connectivity index (χ3n) is 2.74. The first-order chi connectivity index (χ1) is 9.47. The molecule has 110 valence electrons. The lowest BCUT2D eigenvalue weighted by atomic mass is 10.1. The van der Waals surface area contributed by atoms with Crippen molar-refractivity contribution in [2.45, 2.75) is 20.4 Å². The van der Waals surface area contributed by atoms with Crippen LogP contribution in [-0.4, -0.2) is 35.5 Å². The molecule has 6 nitrogen and oxygen atoms in total. The predicted molar refractivity (Wildman–Crippen MR) is 75.7 cm³/mol. The second-order valence-electron chi connectivity index (χ2n) is 4.14. The van der Waals surface area contributed by atoms with Crippen LogP contribution in [0.2, 0.25) is 5.02 Å². The Bertz CT molecular complexity index is 493. The largest absolute Gasteiger partial charge is 0.465 e. The third-order valence-corrected chi connectivity index (χ3v) is 2.97. The van der Waals surface area contributed by atoms with E-state index in [1.54, 1.807) is 17.9 Å². The van der Waals surface area contributed by atoms with Gasteiger partial charge in [-0.3, -0.25) is 19.8 Å². The van der Waals surface area contributed by atoms with Crippen molar-refractivity contribution in [3.63, 3.8) is 0 Å². The molecule has 0 aliphatic carbocycles. The predicted octanol–water partition coefficient (Wildman–Crippen LogP) is 2.63. The average Bonchev–Trinajstić information content (AvgIpc) is 2.37. The van der Waals surface area contributed by atoms with Gasteiger partial charge in [0, 0.05) is 23.2 Å². The minimum absolute atomic E-state index is 0.00305. The summed E-state index contributed by atoms with van der Waals surface area (Å²) in [5.74, 6) is -0.348. The molecule has 0 aromatic heterocycles.